The highest BCUT2D eigenvalue weighted by molar-refractivity contribution is 5.07. The van der Waals surface area contributed by atoms with Gasteiger partial charge in [0.25, 0.3) is 0 Å². The van der Waals surface area contributed by atoms with Crippen molar-refractivity contribution in [1.29, 1.82) is 0 Å². The molecule has 1 aliphatic carbocycles. The van der Waals surface area contributed by atoms with Crippen LogP contribution in [0.5, 0.6) is 0 Å². The Balaban J connectivity index is 1.95. The predicted octanol–water partition coefficient (Wildman–Crippen LogP) is 1.55. The summed E-state index contributed by atoms with van der Waals surface area (Å²) in [5.74, 6) is 0. The third-order valence-electron chi connectivity index (χ3n) is 4.55. The molecule has 0 bridgehead atoms. The van der Waals surface area contributed by atoms with Crippen LogP contribution < -0.4 is 5.73 Å². The summed E-state index contributed by atoms with van der Waals surface area (Å²) >= 11 is 0. The summed E-state index contributed by atoms with van der Waals surface area (Å²) in [5, 5.41) is 4.21. The van der Waals surface area contributed by atoms with Crippen LogP contribution in [0.2, 0.25) is 0 Å². The van der Waals surface area contributed by atoms with E-state index in [1.807, 2.05) is 17.9 Å². The van der Waals surface area contributed by atoms with Gasteiger partial charge in [0.2, 0.25) is 0 Å². The van der Waals surface area contributed by atoms with Crippen molar-refractivity contribution in [3.63, 3.8) is 0 Å². The first kappa shape index (κ1) is 13.6. The number of hydrogen-bond donors (Lipinski definition) is 1. The summed E-state index contributed by atoms with van der Waals surface area (Å²) in [6, 6.07) is 0.259. The van der Waals surface area contributed by atoms with Crippen LogP contribution in [0, 0.1) is 0 Å². The lowest BCUT2D eigenvalue weighted by Gasteiger charge is -2.41. The smallest absolute Gasteiger partial charge is 0.0521 e. The van der Waals surface area contributed by atoms with Crippen LogP contribution >= 0.6 is 0 Å². The van der Waals surface area contributed by atoms with E-state index in [2.05, 4.69) is 30.3 Å². The second-order valence-corrected chi connectivity index (χ2v) is 5.87. The van der Waals surface area contributed by atoms with Crippen molar-refractivity contribution in [2.24, 2.45) is 12.8 Å². The molecule has 2 N–H and O–H groups in total. The van der Waals surface area contributed by atoms with E-state index >= 15 is 0 Å². The van der Waals surface area contributed by atoms with Crippen LogP contribution in [-0.2, 0) is 13.5 Å². The van der Waals surface area contributed by atoms with Crippen LogP contribution in [0.4, 0.5) is 0 Å². The van der Waals surface area contributed by atoms with E-state index in [-0.39, 0.29) is 11.6 Å². The number of nitrogens with two attached hydrogens (primary N) is 1. The van der Waals surface area contributed by atoms with Crippen LogP contribution in [0.15, 0.2) is 12.4 Å². The van der Waals surface area contributed by atoms with E-state index in [0.717, 1.165) is 12.8 Å². The number of nitrogens with zero attached hydrogens (tertiary/aromatic N) is 3. The molecular formula is C14H26N4. The second-order valence-electron chi connectivity index (χ2n) is 5.87. The topological polar surface area (TPSA) is 47.1 Å². The maximum Gasteiger partial charge on any atom is 0.0521 e. The average molecular weight is 250 g/mol. The molecule has 4 nitrogen and oxygen atoms in total. The highest BCUT2D eigenvalue weighted by Gasteiger charge is 2.40. The van der Waals surface area contributed by atoms with E-state index < -0.39 is 0 Å². The Morgan fingerprint density at radius 2 is 2.11 bits per heavy atom. The summed E-state index contributed by atoms with van der Waals surface area (Å²) in [6.45, 7) is 0. The zero-order chi connectivity index (χ0) is 13.2. The third kappa shape index (κ3) is 2.59. The average Bonchev–Trinajstić information content (AvgIpc) is 2.95. The number of aryl methyl sites for hydroxylation is 2. The van der Waals surface area contributed by atoms with Crippen LogP contribution in [0.25, 0.3) is 0 Å². The monoisotopic (exact) mass is 250 g/mol. The van der Waals surface area contributed by atoms with Crippen LogP contribution in [-0.4, -0.2) is 40.4 Å². The van der Waals surface area contributed by atoms with Crippen LogP contribution in [0.3, 0.4) is 0 Å². The molecule has 0 aliphatic heterocycles. The summed E-state index contributed by atoms with van der Waals surface area (Å²) in [6.07, 6.45) is 11.2. The fourth-order valence-electron chi connectivity index (χ4n) is 3.33. The van der Waals surface area contributed by atoms with Gasteiger partial charge < -0.3 is 10.6 Å². The summed E-state index contributed by atoms with van der Waals surface area (Å²) < 4.78 is 1.86. The lowest BCUT2D eigenvalue weighted by Crippen LogP contribution is -2.55. The van der Waals surface area contributed by atoms with Crippen molar-refractivity contribution in [2.75, 3.05) is 14.1 Å². The number of hydrogen-bond acceptors (Lipinski definition) is 3. The van der Waals surface area contributed by atoms with Crippen molar-refractivity contribution in [1.82, 2.24) is 14.7 Å². The summed E-state index contributed by atoms with van der Waals surface area (Å²) in [5.41, 5.74) is 8.02. The molecule has 1 atom stereocenters. The molecule has 1 aromatic rings. The largest absolute Gasteiger partial charge is 0.326 e. The Hall–Kier alpha value is -0.870. The first-order valence-corrected chi connectivity index (χ1v) is 6.95. The van der Waals surface area contributed by atoms with E-state index in [1.165, 1.54) is 31.2 Å². The Labute approximate surface area is 110 Å². The highest BCUT2D eigenvalue weighted by Crippen LogP contribution is 2.37. The fraction of sp³-hybridized carbons (Fsp3) is 0.786. The molecule has 0 saturated heterocycles. The van der Waals surface area contributed by atoms with E-state index in [1.54, 1.807) is 0 Å². The molecule has 1 aromatic heterocycles. The third-order valence-corrected chi connectivity index (χ3v) is 4.55. The molecule has 0 amide bonds. The second kappa shape index (κ2) is 5.41. The quantitative estimate of drug-likeness (QED) is 0.862. The van der Waals surface area contributed by atoms with Crippen LogP contribution in [0.1, 0.15) is 37.7 Å². The molecule has 1 unspecified atom stereocenters. The molecule has 18 heavy (non-hydrogen) atoms. The van der Waals surface area contributed by atoms with Gasteiger partial charge in [0.05, 0.1) is 6.20 Å². The molecule has 1 heterocycles. The van der Waals surface area contributed by atoms with Crippen molar-refractivity contribution >= 4 is 0 Å². The van der Waals surface area contributed by atoms with Gasteiger partial charge in [-0.1, -0.05) is 12.8 Å². The Bertz CT molecular complexity index is 377. The van der Waals surface area contributed by atoms with Gasteiger partial charge in [0, 0.05) is 24.8 Å². The lowest BCUT2D eigenvalue weighted by atomic mass is 9.84. The molecule has 1 saturated carbocycles. The van der Waals surface area contributed by atoms with Gasteiger partial charge in [0.1, 0.15) is 0 Å². The molecule has 102 valence electrons. The standard InChI is InChI=1S/C14H26N4/c1-17(2)14(8-4-5-9-14)13(15)7-6-12-10-16-18(3)11-12/h10-11,13H,4-9,15H2,1-3H3. The number of likely N-dealkylation sites (N-methyl/N-ethyl adjacent to an activating group) is 1. The molecule has 4 heteroatoms. The molecule has 0 aromatic carbocycles. The Morgan fingerprint density at radius 1 is 1.44 bits per heavy atom. The maximum absolute atomic E-state index is 6.50. The van der Waals surface area contributed by atoms with Gasteiger partial charge >= 0.3 is 0 Å². The van der Waals surface area contributed by atoms with Crippen molar-refractivity contribution in [3.8, 4) is 0 Å². The van der Waals surface area contributed by atoms with Gasteiger partial charge in [-0.2, -0.15) is 5.10 Å². The molecule has 2 rings (SSSR count). The molecule has 0 spiro atoms. The Morgan fingerprint density at radius 3 is 2.61 bits per heavy atom. The molecular weight excluding hydrogens is 224 g/mol. The number of aromatic nitrogens is 2. The zero-order valence-corrected chi connectivity index (χ0v) is 11.9. The minimum Gasteiger partial charge on any atom is -0.326 e. The normalized spacial score (nSPS) is 20.5. The minimum absolute atomic E-state index is 0.224. The molecule has 0 radical (unpaired) electrons. The first-order valence-electron chi connectivity index (χ1n) is 6.95. The zero-order valence-electron chi connectivity index (χ0n) is 11.9. The summed E-state index contributed by atoms with van der Waals surface area (Å²) in [4.78, 5) is 2.36. The van der Waals surface area contributed by atoms with Gasteiger partial charge in [-0.05, 0) is 45.3 Å². The SMILES string of the molecule is CN(C)C1(C(N)CCc2cnn(C)c2)CCCC1. The van der Waals surface area contributed by atoms with Crippen molar-refractivity contribution in [2.45, 2.75) is 50.1 Å². The number of rotatable bonds is 5. The Kier molecular flexibility index (Phi) is 4.07. The van der Waals surface area contributed by atoms with E-state index in [9.17, 15) is 0 Å². The molecule has 1 aliphatic rings. The summed E-state index contributed by atoms with van der Waals surface area (Å²) in [7, 11) is 6.31. The van der Waals surface area contributed by atoms with Crippen molar-refractivity contribution < 1.29 is 0 Å². The van der Waals surface area contributed by atoms with Gasteiger partial charge in [-0.25, -0.2) is 0 Å². The van der Waals surface area contributed by atoms with Crippen molar-refractivity contribution in [3.05, 3.63) is 18.0 Å². The van der Waals surface area contributed by atoms with E-state index in [4.69, 9.17) is 5.73 Å². The maximum atomic E-state index is 6.50. The molecule has 1 fully saturated rings. The first-order chi connectivity index (χ1) is 8.54. The van der Waals surface area contributed by atoms with Gasteiger partial charge in [-0.15, -0.1) is 0 Å². The van der Waals surface area contributed by atoms with Gasteiger partial charge in [-0.3, -0.25) is 4.68 Å². The highest BCUT2D eigenvalue weighted by atomic mass is 15.2. The predicted molar refractivity (Wildman–Crippen MR) is 74.4 cm³/mol. The van der Waals surface area contributed by atoms with E-state index in [0.29, 0.717) is 0 Å². The minimum atomic E-state index is 0.224. The van der Waals surface area contributed by atoms with Gasteiger partial charge in [0.15, 0.2) is 0 Å². The lowest BCUT2D eigenvalue weighted by molar-refractivity contribution is 0.119. The fourth-order valence-corrected chi connectivity index (χ4v) is 3.33.